The van der Waals surface area contributed by atoms with Crippen molar-refractivity contribution in [3.8, 4) is 17.2 Å². The Kier molecular flexibility index (Phi) is 6.40. The molecular weight excluding hydrogens is 456 g/mol. The Morgan fingerprint density at radius 3 is 2.72 bits per heavy atom. The highest BCUT2D eigenvalue weighted by Gasteiger charge is 2.28. The van der Waals surface area contributed by atoms with Gasteiger partial charge in [-0.05, 0) is 36.1 Å². The standard InChI is InChI=1S/C28H26N4O4/c1-18-24(14-29-17-30-18)31-23-9-5-8-20-10-11-32(15-22(20)23)28(35)27-25(34)12-21(33)13-26(27)36-16-19-6-3-2-4-7-19/h2-9,12-14,17,31,33-34H,10-11,15-16H2,1H3. The Hall–Kier alpha value is -4.59. The van der Waals surface area contributed by atoms with Crippen molar-refractivity contribution in [3.05, 3.63) is 101 Å². The molecule has 1 amide bonds. The number of fused-ring (bicyclic) bond motifs is 1. The highest BCUT2D eigenvalue weighted by atomic mass is 16.5. The number of aromatic hydroxyl groups is 2. The van der Waals surface area contributed by atoms with Crippen LogP contribution in [0.3, 0.4) is 0 Å². The molecule has 0 atom stereocenters. The van der Waals surface area contributed by atoms with E-state index >= 15 is 0 Å². The molecular formula is C28H26N4O4. The van der Waals surface area contributed by atoms with Crippen LogP contribution in [0.25, 0.3) is 0 Å². The molecule has 4 aromatic rings. The lowest BCUT2D eigenvalue weighted by atomic mass is 9.97. The monoisotopic (exact) mass is 482 g/mol. The number of carbonyl (C=O) groups excluding carboxylic acids is 1. The van der Waals surface area contributed by atoms with Crippen molar-refractivity contribution < 1.29 is 19.7 Å². The zero-order chi connectivity index (χ0) is 25.1. The van der Waals surface area contributed by atoms with Crippen LogP contribution in [0.4, 0.5) is 11.4 Å². The largest absolute Gasteiger partial charge is 0.508 e. The fraction of sp³-hybridized carbons (Fsp3) is 0.179. The van der Waals surface area contributed by atoms with E-state index in [1.54, 1.807) is 11.1 Å². The lowest BCUT2D eigenvalue weighted by Crippen LogP contribution is -2.36. The molecule has 8 nitrogen and oxygen atoms in total. The summed E-state index contributed by atoms with van der Waals surface area (Å²) in [6, 6.07) is 18.0. The summed E-state index contributed by atoms with van der Waals surface area (Å²) in [6.45, 7) is 2.93. The topological polar surface area (TPSA) is 108 Å². The van der Waals surface area contributed by atoms with Gasteiger partial charge in [-0.1, -0.05) is 42.5 Å². The molecule has 3 N–H and O–H groups in total. The normalized spacial score (nSPS) is 12.6. The van der Waals surface area contributed by atoms with Gasteiger partial charge < -0.3 is 25.2 Å². The van der Waals surface area contributed by atoms with Crippen LogP contribution in [0.15, 0.2) is 73.2 Å². The van der Waals surface area contributed by atoms with E-state index in [0.29, 0.717) is 19.5 Å². The SMILES string of the molecule is Cc1ncncc1Nc1cccc2c1CN(C(=O)c1c(O)cc(O)cc1OCc1ccccc1)CC2. The number of hydrogen-bond acceptors (Lipinski definition) is 7. The maximum atomic E-state index is 13.7. The summed E-state index contributed by atoms with van der Waals surface area (Å²) in [5, 5.41) is 24.1. The first kappa shape index (κ1) is 23.2. The highest BCUT2D eigenvalue weighted by Crippen LogP contribution is 2.36. The summed E-state index contributed by atoms with van der Waals surface area (Å²) >= 11 is 0. The summed E-state index contributed by atoms with van der Waals surface area (Å²) < 4.78 is 5.89. The van der Waals surface area contributed by atoms with Crippen LogP contribution in [-0.4, -0.2) is 37.5 Å². The number of rotatable bonds is 6. The number of hydrogen-bond donors (Lipinski definition) is 3. The summed E-state index contributed by atoms with van der Waals surface area (Å²) in [7, 11) is 0. The molecule has 0 radical (unpaired) electrons. The number of ether oxygens (including phenoxy) is 1. The van der Waals surface area contributed by atoms with E-state index in [0.717, 1.165) is 39.8 Å². The van der Waals surface area contributed by atoms with Crippen molar-refractivity contribution in [1.29, 1.82) is 0 Å². The molecule has 3 aromatic carbocycles. The molecule has 8 heteroatoms. The second kappa shape index (κ2) is 9.95. The van der Waals surface area contributed by atoms with E-state index < -0.39 is 0 Å². The predicted octanol–water partition coefficient (Wildman–Crippen LogP) is 4.72. The number of amides is 1. The fourth-order valence-corrected chi connectivity index (χ4v) is 4.34. The van der Waals surface area contributed by atoms with E-state index in [1.807, 2.05) is 49.4 Å². The number of aromatic nitrogens is 2. The van der Waals surface area contributed by atoms with Crippen LogP contribution in [0.1, 0.15) is 32.7 Å². The molecule has 0 saturated heterocycles. The summed E-state index contributed by atoms with van der Waals surface area (Å²) in [5.74, 6) is -0.730. The molecule has 0 fully saturated rings. The van der Waals surface area contributed by atoms with Gasteiger partial charge in [-0.2, -0.15) is 0 Å². The van der Waals surface area contributed by atoms with Gasteiger partial charge in [-0.25, -0.2) is 9.97 Å². The minimum absolute atomic E-state index is 0.0323. The maximum Gasteiger partial charge on any atom is 0.261 e. The van der Waals surface area contributed by atoms with Gasteiger partial charge in [-0.3, -0.25) is 4.79 Å². The molecule has 1 aliphatic heterocycles. The molecule has 5 rings (SSSR count). The predicted molar refractivity (Wildman–Crippen MR) is 135 cm³/mol. The summed E-state index contributed by atoms with van der Waals surface area (Å²) in [6.07, 6.45) is 3.89. The second-order valence-electron chi connectivity index (χ2n) is 8.68. The van der Waals surface area contributed by atoms with Crippen LogP contribution in [-0.2, 0) is 19.6 Å². The van der Waals surface area contributed by atoms with Gasteiger partial charge in [0.1, 0.15) is 35.7 Å². The van der Waals surface area contributed by atoms with Crippen molar-refractivity contribution >= 4 is 17.3 Å². The van der Waals surface area contributed by atoms with Crippen LogP contribution >= 0.6 is 0 Å². The van der Waals surface area contributed by atoms with Gasteiger partial charge in [0.2, 0.25) is 0 Å². The van der Waals surface area contributed by atoms with E-state index in [1.165, 1.54) is 12.4 Å². The fourth-order valence-electron chi connectivity index (χ4n) is 4.34. The third-order valence-electron chi connectivity index (χ3n) is 6.26. The van der Waals surface area contributed by atoms with Crippen molar-refractivity contribution in [2.75, 3.05) is 11.9 Å². The van der Waals surface area contributed by atoms with Crippen molar-refractivity contribution in [3.63, 3.8) is 0 Å². The number of carbonyl (C=O) groups is 1. The lowest BCUT2D eigenvalue weighted by molar-refractivity contribution is 0.0727. The van der Waals surface area contributed by atoms with Crippen molar-refractivity contribution in [1.82, 2.24) is 14.9 Å². The van der Waals surface area contributed by atoms with Gasteiger partial charge in [-0.15, -0.1) is 0 Å². The molecule has 36 heavy (non-hydrogen) atoms. The number of nitrogens with one attached hydrogen (secondary N) is 1. The minimum Gasteiger partial charge on any atom is -0.508 e. The quantitative estimate of drug-likeness (QED) is 0.365. The Bertz CT molecular complexity index is 1410. The van der Waals surface area contributed by atoms with Crippen LogP contribution in [0, 0.1) is 6.92 Å². The first-order valence-corrected chi connectivity index (χ1v) is 11.7. The van der Waals surface area contributed by atoms with E-state index in [4.69, 9.17) is 4.74 Å². The maximum absolute atomic E-state index is 13.7. The first-order valence-electron chi connectivity index (χ1n) is 11.7. The van der Waals surface area contributed by atoms with Gasteiger partial charge in [0, 0.05) is 30.9 Å². The molecule has 2 heterocycles. The Morgan fingerprint density at radius 1 is 1.08 bits per heavy atom. The first-order chi connectivity index (χ1) is 17.5. The zero-order valence-electron chi connectivity index (χ0n) is 19.8. The Labute approximate surface area is 208 Å². The molecule has 0 spiro atoms. The second-order valence-corrected chi connectivity index (χ2v) is 8.68. The van der Waals surface area contributed by atoms with Gasteiger partial charge >= 0.3 is 0 Å². The third-order valence-corrected chi connectivity index (χ3v) is 6.26. The van der Waals surface area contributed by atoms with Crippen LogP contribution in [0.2, 0.25) is 0 Å². The zero-order valence-corrected chi connectivity index (χ0v) is 19.8. The molecule has 0 bridgehead atoms. The van der Waals surface area contributed by atoms with Crippen molar-refractivity contribution in [2.24, 2.45) is 0 Å². The van der Waals surface area contributed by atoms with Gasteiger partial charge in [0.05, 0.1) is 17.6 Å². The van der Waals surface area contributed by atoms with Gasteiger partial charge in [0.25, 0.3) is 5.91 Å². The molecule has 1 aromatic heterocycles. The van der Waals surface area contributed by atoms with E-state index in [-0.39, 0.29) is 35.3 Å². The highest BCUT2D eigenvalue weighted by molar-refractivity contribution is 6.00. The van der Waals surface area contributed by atoms with E-state index in [2.05, 4.69) is 21.4 Å². The average molecular weight is 483 g/mol. The number of aryl methyl sites for hydroxylation is 1. The lowest BCUT2D eigenvalue weighted by Gasteiger charge is -2.31. The number of nitrogens with zero attached hydrogens (tertiary/aromatic N) is 3. The summed E-state index contributed by atoms with van der Waals surface area (Å²) in [4.78, 5) is 23.7. The molecule has 182 valence electrons. The average Bonchev–Trinajstić information content (AvgIpc) is 2.89. The van der Waals surface area contributed by atoms with Crippen LogP contribution < -0.4 is 10.1 Å². The summed E-state index contributed by atoms with van der Waals surface area (Å²) in [5.41, 5.74) is 5.56. The number of anilines is 2. The Morgan fingerprint density at radius 2 is 1.92 bits per heavy atom. The van der Waals surface area contributed by atoms with E-state index in [9.17, 15) is 15.0 Å². The molecule has 0 saturated carbocycles. The smallest absolute Gasteiger partial charge is 0.261 e. The number of phenols is 2. The van der Waals surface area contributed by atoms with Gasteiger partial charge in [0.15, 0.2) is 0 Å². The molecule has 0 aliphatic carbocycles. The number of phenolic OH excluding ortho intramolecular Hbond substituents is 2. The Balaban J connectivity index is 1.42. The molecule has 0 unspecified atom stereocenters. The van der Waals surface area contributed by atoms with Crippen LogP contribution in [0.5, 0.6) is 17.2 Å². The molecule has 1 aliphatic rings. The third kappa shape index (κ3) is 4.79. The minimum atomic E-state index is -0.366. The van der Waals surface area contributed by atoms with Crippen molar-refractivity contribution in [2.45, 2.75) is 26.5 Å². The number of benzene rings is 3.